The number of ether oxygens (including phenoxy) is 1. The molecule has 36 heavy (non-hydrogen) atoms. The highest BCUT2D eigenvalue weighted by Crippen LogP contribution is 2.33. The number of halogens is 5. The number of hydrogen-bond acceptors (Lipinski definition) is 5. The first-order valence-corrected chi connectivity index (χ1v) is 10.8. The smallest absolute Gasteiger partial charge is 0.416 e. The summed E-state index contributed by atoms with van der Waals surface area (Å²) in [5.41, 5.74) is 1.68. The number of carbonyl (C=O) groups excluding carboxylic acids is 3. The van der Waals surface area contributed by atoms with Gasteiger partial charge in [0, 0.05) is 5.02 Å². The number of anilines is 1. The first kappa shape index (κ1) is 26.7. The molecule has 0 aliphatic heterocycles. The molecule has 0 atom stereocenters. The molecule has 3 aromatic rings. The van der Waals surface area contributed by atoms with E-state index in [0.29, 0.717) is 22.4 Å². The highest BCUT2D eigenvalue weighted by Gasteiger charge is 2.31. The molecule has 7 nitrogen and oxygen atoms in total. The van der Waals surface area contributed by atoms with Crippen molar-refractivity contribution < 1.29 is 32.3 Å². The molecule has 0 aliphatic carbocycles. The Labute approximate surface area is 212 Å². The Balaban J connectivity index is 1.60. The van der Waals surface area contributed by atoms with Crippen molar-refractivity contribution in [1.29, 1.82) is 0 Å². The Morgan fingerprint density at radius 2 is 1.58 bits per heavy atom. The molecule has 0 saturated carbocycles. The van der Waals surface area contributed by atoms with Crippen LogP contribution < -0.4 is 15.5 Å². The van der Waals surface area contributed by atoms with Crippen molar-refractivity contribution >= 4 is 52.4 Å². The maximum absolute atomic E-state index is 12.9. The number of hydrazone groups is 1. The number of hydrogen-bond donors (Lipinski definition) is 2. The monoisotopic (exact) mass is 537 g/mol. The van der Waals surface area contributed by atoms with Crippen LogP contribution in [0, 0.1) is 0 Å². The van der Waals surface area contributed by atoms with Crippen LogP contribution in [0.15, 0.2) is 71.8 Å². The zero-order chi connectivity index (χ0) is 26.5. The SMILES string of the molecule is C/C(=N\NC(=O)C(=O)Nc1cc(C(F)(F)F)ccc1Cl)c1ccc(OC(=O)c2cccc(Cl)c2)cc1. The molecule has 0 unspecified atom stereocenters. The number of carbonyl (C=O) groups is 3. The van der Waals surface area contributed by atoms with Gasteiger partial charge in [-0.25, -0.2) is 10.2 Å². The van der Waals surface area contributed by atoms with Crippen LogP contribution in [0.5, 0.6) is 5.75 Å². The second-order valence-electron chi connectivity index (χ2n) is 7.21. The van der Waals surface area contributed by atoms with Gasteiger partial charge in [-0.15, -0.1) is 0 Å². The van der Waals surface area contributed by atoms with E-state index >= 15 is 0 Å². The summed E-state index contributed by atoms with van der Waals surface area (Å²) in [6, 6.07) is 14.7. The van der Waals surface area contributed by atoms with Crippen LogP contribution in [0.1, 0.15) is 28.4 Å². The fraction of sp³-hybridized carbons (Fsp3) is 0.0833. The summed E-state index contributed by atoms with van der Waals surface area (Å²) >= 11 is 11.7. The minimum atomic E-state index is -4.66. The van der Waals surface area contributed by atoms with E-state index in [4.69, 9.17) is 27.9 Å². The Morgan fingerprint density at radius 1 is 0.889 bits per heavy atom. The van der Waals surface area contributed by atoms with Crippen LogP contribution in [-0.4, -0.2) is 23.5 Å². The largest absolute Gasteiger partial charge is 0.423 e. The Morgan fingerprint density at radius 3 is 2.22 bits per heavy atom. The molecule has 12 heteroatoms. The summed E-state index contributed by atoms with van der Waals surface area (Å²) in [7, 11) is 0. The lowest BCUT2D eigenvalue weighted by molar-refractivity contribution is -0.137. The number of alkyl halides is 3. The molecule has 3 aromatic carbocycles. The second-order valence-corrected chi connectivity index (χ2v) is 8.05. The van der Waals surface area contributed by atoms with Crippen molar-refractivity contribution in [3.05, 3.63) is 93.5 Å². The molecular formula is C24H16Cl2F3N3O4. The van der Waals surface area contributed by atoms with Gasteiger partial charge in [0.25, 0.3) is 0 Å². The molecule has 0 spiro atoms. The number of esters is 1. The van der Waals surface area contributed by atoms with Crippen LogP contribution in [0.2, 0.25) is 10.0 Å². The molecular weight excluding hydrogens is 522 g/mol. The Kier molecular flexibility index (Phi) is 8.33. The molecule has 0 aromatic heterocycles. The van der Waals surface area contributed by atoms with E-state index in [1.807, 2.05) is 10.7 Å². The molecule has 0 heterocycles. The fourth-order valence-corrected chi connectivity index (χ4v) is 3.13. The normalized spacial score (nSPS) is 11.6. The lowest BCUT2D eigenvalue weighted by atomic mass is 10.1. The third-order valence-corrected chi connectivity index (χ3v) is 5.18. The lowest BCUT2D eigenvalue weighted by Crippen LogP contribution is -2.33. The lowest BCUT2D eigenvalue weighted by Gasteiger charge is -2.11. The third-order valence-electron chi connectivity index (χ3n) is 4.62. The number of rotatable bonds is 5. The summed E-state index contributed by atoms with van der Waals surface area (Å²) in [6.07, 6.45) is -4.66. The van der Waals surface area contributed by atoms with Gasteiger partial charge < -0.3 is 10.1 Å². The molecule has 0 aliphatic rings. The summed E-state index contributed by atoms with van der Waals surface area (Å²) in [5.74, 6) is -2.85. The van der Waals surface area contributed by atoms with Gasteiger partial charge in [0.15, 0.2) is 0 Å². The predicted molar refractivity (Wildman–Crippen MR) is 128 cm³/mol. The van der Waals surface area contributed by atoms with Crippen molar-refractivity contribution in [3.63, 3.8) is 0 Å². The van der Waals surface area contributed by atoms with Gasteiger partial charge in [0.05, 0.1) is 27.5 Å². The van der Waals surface area contributed by atoms with E-state index in [-0.39, 0.29) is 22.0 Å². The van der Waals surface area contributed by atoms with Gasteiger partial charge in [-0.3, -0.25) is 9.59 Å². The molecule has 3 rings (SSSR count). The third kappa shape index (κ3) is 7.06. The minimum absolute atomic E-state index is 0.181. The first-order chi connectivity index (χ1) is 16.9. The maximum atomic E-state index is 12.9. The molecule has 0 bridgehead atoms. The van der Waals surface area contributed by atoms with Gasteiger partial charge in [0.1, 0.15) is 5.75 Å². The minimum Gasteiger partial charge on any atom is -0.423 e. The average Bonchev–Trinajstić information content (AvgIpc) is 2.83. The van der Waals surface area contributed by atoms with Gasteiger partial charge in [-0.1, -0.05) is 29.3 Å². The fourth-order valence-electron chi connectivity index (χ4n) is 2.77. The molecule has 0 fully saturated rings. The van der Waals surface area contributed by atoms with Gasteiger partial charge in [-0.05, 0) is 73.2 Å². The highest BCUT2D eigenvalue weighted by atomic mass is 35.5. The van der Waals surface area contributed by atoms with E-state index in [0.717, 1.165) is 12.1 Å². The van der Waals surface area contributed by atoms with Crippen LogP contribution in [0.3, 0.4) is 0 Å². The average molecular weight is 538 g/mol. The van der Waals surface area contributed by atoms with Crippen molar-refractivity contribution in [2.75, 3.05) is 5.32 Å². The number of nitrogens with zero attached hydrogens (tertiary/aromatic N) is 1. The highest BCUT2D eigenvalue weighted by molar-refractivity contribution is 6.41. The summed E-state index contributed by atoms with van der Waals surface area (Å²) in [5, 5.41) is 6.03. The van der Waals surface area contributed by atoms with Crippen molar-refractivity contribution in [3.8, 4) is 5.75 Å². The molecule has 186 valence electrons. The van der Waals surface area contributed by atoms with Crippen molar-refractivity contribution in [2.24, 2.45) is 5.10 Å². The van der Waals surface area contributed by atoms with Crippen LogP contribution >= 0.6 is 23.2 Å². The predicted octanol–water partition coefficient (Wildman–Crippen LogP) is 5.71. The van der Waals surface area contributed by atoms with E-state index in [2.05, 4.69) is 5.10 Å². The second kappa shape index (κ2) is 11.2. The van der Waals surface area contributed by atoms with Gasteiger partial charge in [0.2, 0.25) is 0 Å². The zero-order valence-corrected chi connectivity index (χ0v) is 19.8. The van der Waals surface area contributed by atoms with Crippen molar-refractivity contribution in [2.45, 2.75) is 13.1 Å². The van der Waals surface area contributed by atoms with Gasteiger partial charge in [-0.2, -0.15) is 18.3 Å². The topological polar surface area (TPSA) is 96.9 Å². The molecule has 0 radical (unpaired) electrons. The maximum Gasteiger partial charge on any atom is 0.416 e. The van der Waals surface area contributed by atoms with E-state index in [1.165, 1.54) is 25.1 Å². The number of amides is 2. The van der Waals surface area contributed by atoms with E-state index in [9.17, 15) is 27.6 Å². The standard InChI is InChI=1S/C24H16Cl2F3N3O4/c1-13(14-5-8-18(9-6-14)36-23(35)15-3-2-4-17(25)11-15)31-32-22(34)21(33)30-20-12-16(24(27,28)29)7-10-19(20)26/h2-12H,1H3,(H,30,33)(H,32,34)/b31-13+. The Hall–Kier alpha value is -3.89. The molecule has 2 N–H and O–H groups in total. The van der Waals surface area contributed by atoms with E-state index < -0.39 is 29.5 Å². The van der Waals surface area contributed by atoms with E-state index in [1.54, 1.807) is 30.3 Å². The van der Waals surface area contributed by atoms with Crippen LogP contribution in [0.25, 0.3) is 0 Å². The molecule has 0 saturated heterocycles. The van der Waals surface area contributed by atoms with Crippen LogP contribution in [-0.2, 0) is 15.8 Å². The van der Waals surface area contributed by atoms with Crippen molar-refractivity contribution in [1.82, 2.24) is 5.43 Å². The summed E-state index contributed by atoms with van der Waals surface area (Å²) in [4.78, 5) is 36.3. The zero-order valence-electron chi connectivity index (χ0n) is 18.3. The number of nitrogens with one attached hydrogen (secondary N) is 2. The molecule has 2 amide bonds. The van der Waals surface area contributed by atoms with Gasteiger partial charge >= 0.3 is 24.0 Å². The number of benzene rings is 3. The van der Waals surface area contributed by atoms with Crippen LogP contribution in [0.4, 0.5) is 18.9 Å². The summed E-state index contributed by atoms with van der Waals surface area (Å²) in [6.45, 7) is 1.54. The Bertz CT molecular complexity index is 1340. The summed E-state index contributed by atoms with van der Waals surface area (Å²) < 4.78 is 43.9. The first-order valence-electron chi connectivity index (χ1n) is 10.0. The quantitative estimate of drug-likeness (QED) is 0.143.